The van der Waals surface area contributed by atoms with E-state index in [1.165, 1.54) is 0 Å². The molecule has 0 amide bonds. The van der Waals surface area contributed by atoms with Crippen molar-refractivity contribution in [3.05, 3.63) is 53.5 Å². The van der Waals surface area contributed by atoms with Crippen molar-refractivity contribution in [2.75, 3.05) is 6.54 Å². The quantitative estimate of drug-likeness (QED) is 0.813. The van der Waals surface area contributed by atoms with E-state index in [0.29, 0.717) is 18.0 Å². The predicted octanol–water partition coefficient (Wildman–Crippen LogP) is 3.82. The highest BCUT2D eigenvalue weighted by atomic mass is 19.1. The first-order chi connectivity index (χ1) is 9.72. The van der Waals surface area contributed by atoms with Crippen molar-refractivity contribution in [1.82, 2.24) is 10.3 Å². The Bertz CT molecular complexity index is 572. The van der Waals surface area contributed by atoms with Gasteiger partial charge in [0.1, 0.15) is 0 Å². The molecule has 0 saturated carbocycles. The third kappa shape index (κ3) is 3.54. The first-order valence-corrected chi connectivity index (χ1v) is 6.80. The maximum Gasteiger partial charge on any atom is 0.223 e. The Morgan fingerprint density at radius 2 is 2.10 bits per heavy atom. The molecule has 1 aromatic heterocycles. The van der Waals surface area contributed by atoms with Gasteiger partial charge >= 0.3 is 0 Å². The Labute approximate surface area is 118 Å². The fourth-order valence-electron chi connectivity index (χ4n) is 1.85. The van der Waals surface area contributed by atoms with Crippen molar-refractivity contribution < 1.29 is 9.13 Å². The van der Waals surface area contributed by atoms with Crippen LogP contribution in [0.25, 0.3) is 0 Å². The zero-order chi connectivity index (χ0) is 14.4. The van der Waals surface area contributed by atoms with Crippen molar-refractivity contribution in [2.45, 2.75) is 26.8 Å². The summed E-state index contributed by atoms with van der Waals surface area (Å²) in [7, 11) is 0. The van der Waals surface area contributed by atoms with Crippen LogP contribution in [0.3, 0.4) is 0 Å². The summed E-state index contributed by atoms with van der Waals surface area (Å²) < 4.78 is 19.6. The summed E-state index contributed by atoms with van der Waals surface area (Å²) >= 11 is 0. The lowest BCUT2D eigenvalue weighted by atomic mass is 10.2. The highest BCUT2D eigenvalue weighted by molar-refractivity contribution is 5.35. The van der Waals surface area contributed by atoms with Gasteiger partial charge in [-0.25, -0.2) is 9.37 Å². The Hall–Kier alpha value is -1.94. The standard InChI is InChI=1S/C16H19FN2O/c1-3-9-18-11-13-7-5-10-19-16(13)20-14-8-4-6-12(2)15(14)17/h4-8,10,18H,3,9,11H2,1-2H3. The van der Waals surface area contributed by atoms with Gasteiger partial charge in [0.05, 0.1) is 0 Å². The highest BCUT2D eigenvalue weighted by Crippen LogP contribution is 2.26. The van der Waals surface area contributed by atoms with Crippen molar-refractivity contribution in [2.24, 2.45) is 0 Å². The SMILES string of the molecule is CCCNCc1cccnc1Oc1cccc(C)c1F. The molecule has 0 saturated heterocycles. The van der Waals surface area contributed by atoms with Crippen molar-refractivity contribution >= 4 is 0 Å². The molecule has 0 aliphatic rings. The number of aryl methyl sites for hydroxylation is 1. The van der Waals surface area contributed by atoms with Gasteiger partial charge in [-0.05, 0) is 37.6 Å². The number of ether oxygens (including phenoxy) is 1. The van der Waals surface area contributed by atoms with Gasteiger partial charge in [0.15, 0.2) is 11.6 Å². The normalized spacial score (nSPS) is 10.6. The maximum atomic E-state index is 14.0. The molecule has 1 heterocycles. The van der Waals surface area contributed by atoms with Gasteiger partial charge in [-0.1, -0.05) is 25.1 Å². The summed E-state index contributed by atoms with van der Waals surface area (Å²) in [6.45, 7) is 5.40. The van der Waals surface area contributed by atoms with E-state index in [0.717, 1.165) is 18.5 Å². The van der Waals surface area contributed by atoms with Crippen molar-refractivity contribution in [3.8, 4) is 11.6 Å². The predicted molar refractivity (Wildman–Crippen MR) is 77.4 cm³/mol. The molecule has 0 bridgehead atoms. The monoisotopic (exact) mass is 274 g/mol. The smallest absolute Gasteiger partial charge is 0.223 e. The molecule has 2 rings (SSSR count). The zero-order valence-corrected chi connectivity index (χ0v) is 11.8. The summed E-state index contributed by atoms with van der Waals surface area (Å²) in [6, 6.07) is 8.87. The molecule has 0 aliphatic heterocycles. The average Bonchev–Trinajstić information content (AvgIpc) is 2.46. The highest BCUT2D eigenvalue weighted by Gasteiger charge is 2.10. The second-order valence-electron chi connectivity index (χ2n) is 4.63. The van der Waals surface area contributed by atoms with E-state index < -0.39 is 0 Å². The van der Waals surface area contributed by atoms with Crippen molar-refractivity contribution in [1.29, 1.82) is 0 Å². The Morgan fingerprint density at radius 1 is 1.25 bits per heavy atom. The molecule has 4 heteroatoms. The number of hydrogen-bond acceptors (Lipinski definition) is 3. The summed E-state index contributed by atoms with van der Waals surface area (Å²) in [5, 5.41) is 3.29. The average molecular weight is 274 g/mol. The third-order valence-electron chi connectivity index (χ3n) is 2.96. The lowest BCUT2D eigenvalue weighted by molar-refractivity contribution is 0.418. The van der Waals surface area contributed by atoms with Crippen LogP contribution in [0.5, 0.6) is 11.6 Å². The molecular formula is C16H19FN2O. The lowest BCUT2D eigenvalue weighted by Gasteiger charge is -2.11. The second kappa shape index (κ2) is 7.01. The number of halogens is 1. The van der Waals surface area contributed by atoms with Crippen LogP contribution in [-0.4, -0.2) is 11.5 Å². The Balaban J connectivity index is 2.18. The van der Waals surface area contributed by atoms with Crippen LogP contribution in [0.4, 0.5) is 4.39 Å². The van der Waals surface area contributed by atoms with Crippen LogP contribution in [0.1, 0.15) is 24.5 Å². The van der Waals surface area contributed by atoms with Crippen LogP contribution >= 0.6 is 0 Å². The molecule has 2 aromatic rings. The van der Waals surface area contributed by atoms with Gasteiger partial charge in [-0.2, -0.15) is 0 Å². The molecule has 1 aromatic carbocycles. The molecule has 1 N–H and O–H groups in total. The Morgan fingerprint density at radius 3 is 2.90 bits per heavy atom. The first kappa shape index (κ1) is 14.5. The number of hydrogen-bond donors (Lipinski definition) is 1. The van der Waals surface area contributed by atoms with Crippen LogP contribution in [-0.2, 0) is 6.54 Å². The van der Waals surface area contributed by atoms with Crippen LogP contribution < -0.4 is 10.1 Å². The van der Waals surface area contributed by atoms with E-state index >= 15 is 0 Å². The fraction of sp³-hybridized carbons (Fsp3) is 0.312. The van der Waals surface area contributed by atoms with Gasteiger partial charge in [-0.15, -0.1) is 0 Å². The molecule has 106 valence electrons. The van der Waals surface area contributed by atoms with E-state index in [4.69, 9.17) is 4.74 Å². The maximum absolute atomic E-state index is 14.0. The van der Waals surface area contributed by atoms with Crippen LogP contribution in [0.2, 0.25) is 0 Å². The second-order valence-corrected chi connectivity index (χ2v) is 4.63. The van der Waals surface area contributed by atoms with Gasteiger partial charge in [-0.3, -0.25) is 0 Å². The lowest BCUT2D eigenvalue weighted by Crippen LogP contribution is -2.14. The minimum absolute atomic E-state index is 0.209. The van der Waals surface area contributed by atoms with Gasteiger partial charge in [0, 0.05) is 18.3 Å². The van der Waals surface area contributed by atoms with E-state index in [-0.39, 0.29) is 11.6 Å². The van der Waals surface area contributed by atoms with E-state index in [1.54, 1.807) is 31.3 Å². The number of pyridine rings is 1. The summed E-state index contributed by atoms with van der Waals surface area (Å²) in [5.41, 5.74) is 1.48. The summed E-state index contributed by atoms with van der Waals surface area (Å²) in [6.07, 6.45) is 2.70. The number of rotatable bonds is 6. The van der Waals surface area contributed by atoms with Gasteiger partial charge < -0.3 is 10.1 Å². The minimum atomic E-state index is -0.342. The fourth-order valence-corrected chi connectivity index (χ4v) is 1.85. The van der Waals surface area contributed by atoms with Gasteiger partial charge in [0.2, 0.25) is 5.88 Å². The molecule has 0 spiro atoms. The summed E-state index contributed by atoms with van der Waals surface area (Å²) in [4.78, 5) is 4.19. The molecule has 0 aliphatic carbocycles. The zero-order valence-electron chi connectivity index (χ0n) is 11.8. The molecular weight excluding hydrogens is 255 g/mol. The van der Waals surface area contributed by atoms with Crippen molar-refractivity contribution in [3.63, 3.8) is 0 Å². The van der Waals surface area contributed by atoms with E-state index in [9.17, 15) is 4.39 Å². The molecule has 0 radical (unpaired) electrons. The number of aromatic nitrogens is 1. The molecule has 3 nitrogen and oxygen atoms in total. The minimum Gasteiger partial charge on any atom is -0.436 e. The van der Waals surface area contributed by atoms with Gasteiger partial charge in [0.25, 0.3) is 0 Å². The number of nitrogens with zero attached hydrogens (tertiary/aromatic N) is 1. The topological polar surface area (TPSA) is 34.2 Å². The largest absolute Gasteiger partial charge is 0.436 e. The first-order valence-electron chi connectivity index (χ1n) is 6.80. The molecule has 0 fully saturated rings. The molecule has 0 unspecified atom stereocenters. The molecule has 20 heavy (non-hydrogen) atoms. The molecule has 0 atom stereocenters. The van der Waals surface area contributed by atoms with Crippen LogP contribution in [0, 0.1) is 12.7 Å². The van der Waals surface area contributed by atoms with Crippen LogP contribution in [0.15, 0.2) is 36.5 Å². The third-order valence-corrected chi connectivity index (χ3v) is 2.96. The number of nitrogens with one attached hydrogen (secondary N) is 1. The Kier molecular flexibility index (Phi) is 5.07. The van der Waals surface area contributed by atoms with E-state index in [2.05, 4.69) is 17.2 Å². The number of benzene rings is 1. The summed E-state index contributed by atoms with van der Waals surface area (Å²) in [5.74, 6) is 0.312. The van der Waals surface area contributed by atoms with E-state index in [1.807, 2.05) is 12.1 Å².